The summed E-state index contributed by atoms with van der Waals surface area (Å²) in [6.07, 6.45) is -4.32. The summed E-state index contributed by atoms with van der Waals surface area (Å²) in [7, 11) is 0. The van der Waals surface area contributed by atoms with Gasteiger partial charge in [-0.2, -0.15) is 13.2 Å². The van der Waals surface area contributed by atoms with E-state index in [4.69, 9.17) is 5.73 Å². The van der Waals surface area contributed by atoms with Crippen LogP contribution in [0.3, 0.4) is 0 Å². The molecule has 1 nitrogen and oxygen atoms in total. The van der Waals surface area contributed by atoms with Gasteiger partial charge < -0.3 is 5.73 Å². The Morgan fingerprint density at radius 3 is 2.05 bits per heavy atom. The highest BCUT2D eigenvalue weighted by atomic mass is 19.4. The number of hydrogen-bond donors (Lipinski definition) is 1. The van der Waals surface area contributed by atoms with E-state index in [1.165, 1.54) is 12.1 Å². The van der Waals surface area contributed by atoms with Crippen LogP contribution in [0.15, 0.2) is 24.3 Å². The van der Waals surface area contributed by atoms with Gasteiger partial charge in [-0.25, -0.2) is 0 Å². The molecule has 1 unspecified atom stereocenters. The monoisotopic (exact) mass is 271 g/mol. The van der Waals surface area contributed by atoms with Crippen molar-refractivity contribution in [2.45, 2.75) is 39.9 Å². The van der Waals surface area contributed by atoms with Crippen molar-refractivity contribution in [2.24, 2.45) is 22.5 Å². The van der Waals surface area contributed by atoms with Gasteiger partial charge in [0, 0.05) is 6.04 Å². The molecule has 1 aliphatic carbocycles. The van der Waals surface area contributed by atoms with Crippen LogP contribution in [0.25, 0.3) is 0 Å². The Hall–Kier alpha value is -1.03. The van der Waals surface area contributed by atoms with E-state index in [0.29, 0.717) is 5.56 Å². The lowest BCUT2D eigenvalue weighted by atomic mass is 9.96. The molecule has 0 radical (unpaired) electrons. The van der Waals surface area contributed by atoms with Gasteiger partial charge in [-0.3, -0.25) is 0 Å². The average Bonchev–Trinajstić information content (AvgIpc) is 2.68. The Morgan fingerprint density at radius 2 is 1.63 bits per heavy atom. The molecule has 1 aromatic rings. The minimum Gasteiger partial charge on any atom is -0.324 e. The molecule has 0 bridgehead atoms. The van der Waals surface area contributed by atoms with Gasteiger partial charge in [0.25, 0.3) is 0 Å². The van der Waals surface area contributed by atoms with E-state index in [1.54, 1.807) is 6.07 Å². The molecule has 1 fully saturated rings. The number of alkyl halides is 3. The third kappa shape index (κ3) is 2.16. The minimum absolute atomic E-state index is 0.0562. The minimum atomic E-state index is -4.32. The molecular formula is C15H20F3N. The molecule has 4 heteroatoms. The lowest BCUT2D eigenvalue weighted by molar-refractivity contribution is -0.137. The third-order valence-corrected chi connectivity index (χ3v) is 5.09. The van der Waals surface area contributed by atoms with Crippen molar-refractivity contribution in [2.75, 3.05) is 0 Å². The molecular weight excluding hydrogens is 251 g/mol. The SMILES string of the molecule is CC1(C)C(C(N)c2cccc(C(F)(F)F)c2)C1(C)C. The Balaban J connectivity index is 2.30. The molecule has 1 aromatic carbocycles. The van der Waals surface area contributed by atoms with Gasteiger partial charge in [-0.15, -0.1) is 0 Å². The molecule has 19 heavy (non-hydrogen) atoms. The number of hydrogen-bond acceptors (Lipinski definition) is 1. The van der Waals surface area contributed by atoms with E-state index in [-0.39, 0.29) is 22.8 Å². The van der Waals surface area contributed by atoms with Gasteiger partial charge in [-0.05, 0) is 34.4 Å². The zero-order chi connectivity index (χ0) is 14.6. The number of benzene rings is 1. The summed E-state index contributed by atoms with van der Waals surface area (Å²) < 4.78 is 38.1. The van der Waals surface area contributed by atoms with Crippen LogP contribution in [-0.2, 0) is 6.18 Å². The van der Waals surface area contributed by atoms with Crippen LogP contribution in [0.2, 0.25) is 0 Å². The van der Waals surface area contributed by atoms with Crippen molar-refractivity contribution < 1.29 is 13.2 Å². The molecule has 0 amide bonds. The maximum atomic E-state index is 12.7. The smallest absolute Gasteiger partial charge is 0.324 e. The van der Waals surface area contributed by atoms with Crippen LogP contribution in [0.5, 0.6) is 0 Å². The highest BCUT2D eigenvalue weighted by molar-refractivity contribution is 5.31. The van der Waals surface area contributed by atoms with Gasteiger partial charge >= 0.3 is 6.18 Å². The fraction of sp³-hybridized carbons (Fsp3) is 0.600. The number of nitrogens with two attached hydrogens (primary N) is 1. The molecule has 1 aliphatic rings. The Morgan fingerprint density at radius 1 is 1.11 bits per heavy atom. The van der Waals surface area contributed by atoms with Crippen LogP contribution < -0.4 is 5.73 Å². The summed E-state index contributed by atoms with van der Waals surface area (Å²) in [5.41, 5.74) is 6.25. The van der Waals surface area contributed by atoms with E-state index in [2.05, 4.69) is 27.7 Å². The summed E-state index contributed by atoms with van der Waals surface area (Å²) >= 11 is 0. The van der Waals surface area contributed by atoms with Crippen molar-refractivity contribution in [1.82, 2.24) is 0 Å². The highest BCUT2D eigenvalue weighted by Gasteiger charge is 2.66. The molecule has 1 saturated carbocycles. The Bertz CT molecular complexity index is 474. The first-order valence-electron chi connectivity index (χ1n) is 6.42. The summed E-state index contributed by atoms with van der Waals surface area (Å²) in [6.45, 7) is 8.46. The standard InChI is InChI=1S/C15H20F3N/c1-13(2)12(14(13,3)4)11(19)9-6-5-7-10(8-9)15(16,17)18/h5-8,11-12H,19H2,1-4H3. The second kappa shape index (κ2) is 3.98. The lowest BCUT2D eigenvalue weighted by Gasteiger charge is -2.16. The van der Waals surface area contributed by atoms with Crippen LogP contribution in [0.4, 0.5) is 13.2 Å². The summed E-state index contributed by atoms with van der Waals surface area (Å²) in [4.78, 5) is 0. The van der Waals surface area contributed by atoms with Crippen molar-refractivity contribution >= 4 is 0 Å². The van der Waals surface area contributed by atoms with Crippen molar-refractivity contribution in [3.8, 4) is 0 Å². The van der Waals surface area contributed by atoms with Gasteiger partial charge in [0.15, 0.2) is 0 Å². The topological polar surface area (TPSA) is 26.0 Å². The molecule has 2 rings (SSSR count). The quantitative estimate of drug-likeness (QED) is 0.848. The van der Waals surface area contributed by atoms with Gasteiger partial charge in [0.05, 0.1) is 5.56 Å². The first kappa shape index (κ1) is 14.4. The average molecular weight is 271 g/mol. The molecule has 0 aliphatic heterocycles. The van der Waals surface area contributed by atoms with Gasteiger partial charge in [0.1, 0.15) is 0 Å². The molecule has 0 spiro atoms. The zero-order valence-electron chi connectivity index (χ0n) is 11.7. The van der Waals surface area contributed by atoms with Crippen LogP contribution in [0, 0.1) is 16.7 Å². The second-order valence-corrected chi connectivity index (χ2v) is 6.57. The fourth-order valence-corrected chi connectivity index (χ4v) is 3.26. The van der Waals surface area contributed by atoms with Crippen LogP contribution in [-0.4, -0.2) is 0 Å². The van der Waals surface area contributed by atoms with Gasteiger partial charge in [-0.1, -0.05) is 39.8 Å². The zero-order valence-corrected chi connectivity index (χ0v) is 11.7. The second-order valence-electron chi connectivity index (χ2n) is 6.57. The van der Waals surface area contributed by atoms with Gasteiger partial charge in [0.2, 0.25) is 0 Å². The van der Waals surface area contributed by atoms with E-state index in [0.717, 1.165) is 6.07 Å². The van der Waals surface area contributed by atoms with Crippen molar-refractivity contribution in [3.63, 3.8) is 0 Å². The van der Waals surface area contributed by atoms with Crippen LogP contribution in [0.1, 0.15) is 44.9 Å². The molecule has 0 heterocycles. The van der Waals surface area contributed by atoms with E-state index >= 15 is 0 Å². The predicted octanol–water partition coefficient (Wildman–Crippen LogP) is 4.39. The summed E-state index contributed by atoms with van der Waals surface area (Å²) in [5, 5.41) is 0. The number of rotatable bonds is 2. The normalized spacial score (nSPS) is 23.2. The van der Waals surface area contributed by atoms with Crippen molar-refractivity contribution in [3.05, 3.63) is 35.4 Å². The fourth-order valence-electron chi connectivity index (χ4n) is 3.26. The predicted molar refractivity (Wildman–Crippen MR) is 69.4 cm³/mol. The van der Waals surface area contributed by atoms with Crippen molar-refractivity contribution in [1.29, 1.82) is 0 Å². The molecule has 106 valence electrons. The largest absolute Gasteiger partial charge is 0.416 e. The van der Waals surface area contributed by atoms with E-state index in [9.17, 15) is 13.2 Å². The van der Waals surface area contributed by atoms with E-state index < -0.39 is 11.7 Å². The first-order chi connectivity index (χ1) is 8.49. The summed E-state index contributed by atoms with van der Waals surface area (Å²) in [6, 6.07) is 5.02. The molecule has 0 aromatic heterocycles. The molecule has 1 atom stereocenters. The Kier molecular flexibility index (Phi) is 3.01. The first-order valence-corrected chi connectivity index (χ1v) is 6.42. The number of halogens is 3. The molecule has 2 N–H and O–H groups in total. The third-order valence-electron chi connectivity index (χ3n) is 5.09. The molecule has 0 saturated heterocycles. The highest BCUT2D eigenvalue weighted by Crippen LogP contribution is 2.71. The maximum absolute atomic E-state index is 12.7. The van der Waals surface area contributed by atoms with Crippen LogP contribution >= 0.6 is 0 Å². The maximum Gasteiger partial charge on any atom is 0.416 e. The summed E-state index contributed by atoms with van der Waals surface area (Å²) in [5.74, 6) is 0.198. The van der Waals surface area contributed by atoms with E-state index in [1.807, 2.05) is 0 Å². The lowest BCUT2D eigenvalue weighted by Crippen LogP contribution is -2.17. The Labute approximate surface area is 112 Å².